The van der Waals surface area contributed by atoms with Gasteiger partial charge in [0.15, 0.2) is 6.10 Å². The zero-order valence-electron chi connectivity index (χ0n) is 18.2. The van der Waals surface area contributed by atoms with Gasteiger partial charge in [0.25, 0.3) is 5.91 Å². The predicted octanol–water partition coefficient (Wildman–Crippen LogP) is 5.52. The van der Waals surface area contributed by atoms with E-state index in [1.165, 1.54) is 0 Å². The van der Waals surface area contributed by atoms with Gasteiger partial charge in [0.1, 0.15) is 5.76 Å². The Morgan fingerprint density at radius 1 is 1.30 bits per heavy atom. The van der Waals surface area contributed by atoms with Crippen molar-refractivity contribution in [2.24, 2.45) is 0 Å². The number of nitrogens with one attached hydrogen (secondary N) is 1. The van der Waals surface area contributed by atoms with Gasteiger partial charge in [0.2, 0.25) is 5.91 Å². The summed E-state index contributed by atoms with van der Waals surface area (Å²) < 4.78 is 5.76. The van der Waals surface area contributed by atoms with Gasteiger partial charge in [-0.05, 0) is 43.5 Å². The molecule has 1 aromatic carbocycles. The fourth-order valence-electron chi connectivity index (χ4n) is 2.88. The van der Waals surface area contributed by atoms with Crippen molar-refractivity contribution in [3.05, 3.63) is 52.8 Å². The highest BCUT2D eigenvalue weighted by molar-refractivity contribution is 6.29. The number of rotatable bonds is 9. The Hall–Kier alpha value is -1.98. The maximum atomic E-state index is 12.5. The van der Waals surface area contributed by atoms with E-state index in [4.69, 9.17) is 27.9 Å². The minimum atomic E-state index is -0.648. The van der Waals surface area contributed by atoms with Crippen LogP contribution in [0.2, 0.25) is 0 Å². The van der Waals surface area contributed by atoms with E-state index < -0.39 is 6.10 Å². The lowest BCUT2D eigenvalue weighted by molar-refractivity contribution is -0.130. The predicted molar refractivity (Wildman–Crippen MR) is 125 cm³/mol. The van der Waals surface area contributed by atoms with Crippen LogP contribution in [-0.4, -0.2) is 30.3 Å². The van der Waals surface area contributed by atoms with E-state index in [9.17, 15) is 9.59 Å². The van der Waals surface area contributed by atoms with Crippen LogP contribution >= 0.6 is 23.2 Å². The molecule has 1 unspecified atom stereocenters. The topological polar surface area (TPSA) is 58.6 Å². The van der Waals surface area contributed by atoms with Crippen LogP contribution in [0, 0.1) is 0 Å². The monoisotopic (exact) mass is 454 g/mol. The minimum absolute atomic E-state index is 0.158. The summed E-state index contributed by atoms with van der Waals surface area (Å²) in [6, 6.07) is 7.65. The fraction of sp³-hybridized carbons (Fsp3) is 0.478. The van der Waals surface area contributed by atoms with Gasteiger partial charge in [0.05, 0.1) is 5.03 Å². The molecule has 30 heavy (non-hydrogen) atoms. The average Bonchev–Trinajstić information content (AvgIpc) is 3.19. The van der Waals surface area contributed by atoms with Gasteiger partial charge < -0.3 is 15.0 Å². The van der Waals surface area contributed by atoms with Crippen LogP contribution in [0.15, 0.2) is 47.2 Å². The Kier molecular flexibility index (Phi) is 12.2. The third-order valence-electron chi connectivity index (χ3n) is 4.42. The quantitative estimate of drug-likeness (QED) is 0.303. The highest BCUT2D eigenvalue weighted by atomic mass is 35.5. The largest absolute Gasteiger partial charge is 0.479 e. The molecule has 166 valence electrons. The zero-order valence-corrected chi connectivity index (χ0v) is 19.7. The third-order valence-corrected chi connectivity index (χ3v) is 4.78. The number of allylic oxidation sites excluding steroid dienone is 3. The Morgan fingerprint density at radius 3 is 2.47 bits per heavy atom. The van der Waals surface area contributed by atoms with Crippen LogP contribution < -0.4 is 10.2 Å². The van der Waals surface area contributed by atoms with Gasteiger partial charge in [-0.3, -0.25) is 9.59 Å². The van der Waals surface area contributed by atoms with E-state index >= 15 is 0 Å². The van der Waals surface area contributed by atoms with E-state index in [1.807, 2.05) is 45.0 Å². The third kappa shape index (κ3) is 8.04. The lowest BCUT2D eigenvalue weighted by Crippen LogP contribution is -2.35. The molecule has 1 aliphatic heterocycles. The van der Waals surface area contributed by atoms with Gasteiger partial charge in [-0.15, -0.1) is 11.6 Å². The fourth-order valence-corrected chi connectivity index (χ4v) is 3.08. The van der Waals surface area contributed by atoms with E-state index in [0.29, 0.717) is 36.1 Å². The van der Waals surface area contributed by atoms with Gasteiger partial charge in [0, 0.05) is 31.1 Å². The van der Waals surface area contributed by atoms with Crippen molar-refractivity contribution < 1.29 is 14.3 Å². The van der Waals surface area contributed by atoms with Crippen molar-refractivity contribution in [1.82, 2.24) is 5.32 Å². The summed E-state index contributed by atoms with van der Waals surface area (Å²) in [5.41, 5.74) is 1.84. The first-order valence-electron chi connectivity index (χ1n) is 10.4. The molecule has 7 heteroatoms. The number of halogens is 2. The molecule has 1 aliphatic rings. The number of amides is 2. The standard InChI is InChI=1S/C21H26Cl2N2O3.C2H6/c1-3-18(28-19(15(2)23)6-4-12-22)21(27)24-14-16-8-10-17(11-9-16)25-13-5-7-20(25)26;1-2/h4,6,8-11,18H,3,5,7,12-14H2,1-2H3,(H,24,27);1-2H3/b6-4-,19-15-;. The van der Waals surface area contributed by atoms with Crippen LogP contribution in [0.25, 0.3) is 0 Å². The maximum Gasteiger partial charge on any atom is 0.261 e. The molecule has 1 atom stereocenters. The molecule has 1 aromatic rings. The minimum Gasteiger partial charge on any atom is -0.479 e. The van der Waals surface area contributed by atoms with Crippen molar-refractivity contribution in [2.75, 3.05) is 17.3 Å². The van der Waals surface area contributed by atoms with Crippen molar-refractivity contribution >= 4 is 40.7 Å². The summed E-state index contributed by atoms with van der Waals surface area (Å²) in [5, 5.41) is 3.35. The first kappa shape index (κ1) is 26.1. The Balaban J connectivity index is 0.00000218. The molecule has 0 radical (unpaired) electrons. The van der Waals surface area contributed by atoms with Crippen molar-refractivity contribution in [1.29, 1.82) is 0 Å². The van der Waals surface area contributed by atoms with E-state index in [-0.39, 0.29) is 11.8 Å². The summed E-state index contributed by atoms with van der Waals surface area (Å²) in [4.78, 5) is 26.1. The molecule has 0 aromatic heterocycles. The second-order valence-corrected chi connectivity index (χ2v) is 7.38. The molecule has 5 nitrogen and oxygen atoms in total. The molecule has 1 heterocycles. The zero-order chi connectivity index (χ0) is 22.5. The second-order valence-electron chi connectivity index (χ2n) is 6.50. The van der Waals surface area contributed by atoms with Crippen molar-refractivity contribution in [3.8, 4) is 0 Å². The second kappa shape index (κ2) is 14.1. The molecule has 2 amide bonds. The summed E-state index contributed by atoms with van der Waals surface area (Å²) in [5.74, 6) is 0.713. The molecular formula is C23H32Cl2N2O3. The SMILES string of the molecule is CC.CCC(OC(/C=C\CCl)=C(/C)Cl)C(=O)NCc1ccc(N2CCCC2=O)cc1. The van der Waals surface area contributed by atoms with Crippen LogP contribution in [-0.2, 0) is 20.9 Å². The first-order valence-corrected chi connectivity index (χ1v) is 11.3. The van der Waals surface area contributed by atoms with E-state index in [1.54, 1.807) is 24.0 Å². The molecule has 0 bridgehead atoms. The molecule has 2 rings (SSSR count). The number of benzene rings is 1. The maximum absolute atomic E-state index is 12.5. The highest BCUT2D eigenvalue weighted by Crippen LogP contribution is 2.21. The highest BCUT2D eigenvalue weighted by Gasteiger charge is 2.22. The summed E-state index contributed by atoms with van der Waals surface area (Å²) in [7, 11) is 0. The Labute approximate surface area is 190 Å². The number of ether oxygens (including phenoxy) is 1. The lowest BCUT2D eigenvalue weighted by atomic mass is 10.2. The smallest absolute Gasteiger partial charge is 0.261 e. The molecule has 0 saturated carbocycles. The molecule has 1 saturated heterocycles. The lowest BCUT2D eigenvalue weighted by Gasteiger charge is -2.19. The van der Waals surface area contributed by atoms with Crippen LogP contribution in [0.5, 0.6) is 0 Å². The summed E-state index contributed by atoms with van der Waals surface area (Å²) in [6.45, 7) is 8.72. The van der Waals surface area contributed by atoms with Gasteiger partial charge in [-0.1, -0.05) is 50.6 Å². The summed E-state index contributed by atoms with van der Waals surface area (Å²) in [6.07, 6.45) is 4.74. The number of anilines is 1. The average molecular weight is 455 g/mol. The van der Waals surface area contributed by atoms with Gasteiger partial charge in [-0.2, -0.15) is 0 Å². The normalized spacial score (nSPS) is 15.4. The Bertz CT molecular complexity index is 741. The molecule has 0 spiro atoms. The van der Waals surface area contributed by atoms with E-state index in [0.717, 1.165) is 24.2 Å². The molecular weight excluding hydrogens is 423 g/mol. The van der Waals surface area contributed by atoms with Crippen LogP contribution in [0.3, 0.4) is 0 Å². The summed E-state index contributed by atoms with van der Waals surface area (Å²) >= 11 is 11.7. The van der Waals surface area contributed by atoms with Crippen molar-refractivity contribution in [2.45, 2.75) is 59.6 Å². The van der Waals surface area contributed by atoms with E-state index in [2.05, 4.69) is 5.32 Å². The van der Waals surface area contributed by atoms with Crippen LogP contribution in [0.1, 0.15) is 52.5 Å². The van der Waals surface area contributed by atoms with Crippen LogP contribution in [0.4, 0.5) is 5.69 Å². The molecule has 0 aliphatic carbocycles. The number of nitrogens with zero attached hydrogens (tertiary/aromatic N) is 1. The number of alkyl halides is 1. The van der Waals surface area contributed by atoms with Gasteiger partial charge >= 0.3 is 0 Å². The van der Waals surface area contributed by atoms with Crippen molar-refractivity contribution in [3.63, 3.8) is 0 Å². The molecule has 1 fully saturated rings. The van der Waals surface area contributed by atoms with Gasteiger partial charge in [-0.25, -0.2) is 0 Å². The number of hydrogen-bond acceptors (Lipinski definition) is 3. The number of hydrogen-bond donors (Lipinski definition) is 1. The molecule has 1 N–H and O–H groups in total. The Morgan fingerprint density at radius 2 is 1.97 bits per heavy atom. The number of carbonyl (C=O) groups is 2. The number of carbonyl (C=O) groups excluding carboxylic acids is 2. The first-order chi connectivity index (χ1) is 14.5.